The molecule has 0 N–H and O–H groups in total. The number of morpholine rings is 1. The molecular weight excluding hydrogens is 264 g/mol. The highest BCUT2D eigenvalue weighted by molar-refractivity contribution is 7.09. The minimum atomic E-state index is 0.0523. The highest BCUT2D eigenvalue weighted by atomic mass is 32.1. The van der Waals surface area contributed by atoms with Crippen molar-refractivity contribution < 1.29 is 9.15 Å². The van der Waals surface area contributed by atoms with Crippen LogP contribution in [0.2, 0.25) is 0 Å². The van der Waals surface area contributed by atoms with Crippen LogP contribution < -0.4 is 0 Å². The van der Waals surface area contributed by atoms with Gasteiger partial charge in [0.15, 0.2) is 0 Å². The molecule has 3 rings (SSSR count). The summed E-state index contributed by atoms with van der Waals surface area (Å²) in [5, 5.41) is 11.0. The Morgan fingerprint density at radius 2 is 2.32 bits per heavy atom. The minimum Gasteiger partial charge on any atom is -0.424 e. The van der Waals surface area contributed by atoms with Crippen molar-refractivity contribution in [1.82, 2.24) is 20.1 Å². The molecule has 0 saturated carbocycles. The van der Waals surface area contributed by atoms with Crippen LogP contribution in [-0.4, -0.2) is 39.8 Å². The number of hydrogen-bond donors (Lipinski definition) is 0. The minimum absolute atomic E-state index is 0.0523. The van der Waals surface area contributed by atoms with Gasteiger partial charge in [0.05, 0.1) is 13.2 Å². The maximum Gasteiger partial charge on any atom is 0.230 e. The molecule has 0 unspecified atom stereocenters. The van der Waals surface area contributed by atoms with Crippen molar-refractivity contribution in [2.24, 2.45) is 0 Å². The van der Waals surface area contributed by atoms with Gasteiger partial charge in [-0.3, -0.25) is 4.90 Å². The Hall–Kier alpha value is -1.31. The fourth-order valence-corrected chi connectivity index (χ4v) is 2.94. The molecular formula is C12H16N4O2S. The summed E-state index contributed by atoms with van der Waals surface area (Å²) < 4.78 is 11.2. The lowest BCUT2D eigenvalue weighted by molar-refractivity contribution is -0.0353. The first-order valence-electron chi connectivity index (χ1n) is 6.25. The molecule has 2 aromatic rings. The zero-order valence-corrected chi connectivity index (χ0v) is 11.8. The van der Waals surface area contributed by atoms with Crippen molar-refractivity contribution in [3.05, 3.63) is 27.9 Å². The van der Waals surface area contributed by atoms with Crippen LogP contribution in [0, 0.1) is 13.8 Å². The molecule has 7 heteroatoms. The second-order valence-electron chi connectivity index (χ2n) is 4.64. The van der Waals surface area contributed by atoms with Gasteiger partial charge in [0.2, 0.25) is 11.8 Å². The lowest BCUT2D eigenvalue weighted by Gasteiger charge is -2.30. The van der Waals surface area contributed by atoms with Crippen molar-refractivity contribution in [2.45, 2.75) is 26.5 Å². The zero-order valence-electron chi connectivity index (χ0n) is 11.0. The number of nitrogens with zero attached hydrogens (tertiary/aromatic N) is 4. The van der Waals surface area contributed by atoms with E-state index in [-0.39, 0.29) is 6.10 Å². The maximum absolute atomic E-state index is 5.79. The van der Waals surface area contributed by atoms with Crippen LogP contribution >= 0.6 is 11.3 Å². The highest BCUT2D eigenvalue weighted by Crippen LogP contribution is 2.25. The fourth-order valence-electron chi connectivity index (χ4n) is 2.11. The van der Waals surface area contributed by atoms with Gasteiger partial charge >= 0.3 is 0 Å². The van der Waals surface area contributed by atoms with Crippen LogP contribution in [0.3, 0.4) is 0 Å². The fraction of sp³-hybridized carbons (Fsp3) is 0.583. The van der Waals surface area contributed by atoms with Crippen molar-refractivity contribution in [3.63, 3.8) is 0 Å². The molecule has 0 aliphatic carbocycles. The van der Waals surface area contributed by atoms with Gasteiger partial charge in [-0.2, -0.15) is 0 Å². The summed E-state index contributed by atoms with van der Waals surface area (Å²) in [7, 11) is 0. The van der Waals surface area contributed by atoms with Crippen molar-refractivity contribution in [2.75, 3.05) is 19.7 Å². The van der Waals surface area contributed by atoms with Gasteiger partial charge in [0.25, 0.3) is 0 Å². The first-order valence-corrected chi connectivity index (χ1v) is 7.13. The number of ether oxygens (including phenoxy) is 1. The molecule has 0 radical (unpaired) electrons. The van der Waals surface area contributed by atoms with Gasteiger partial charge in [-0.15, -0.1) is 21.5 Å². The average molecular weight is 280 g/mol. The topological polar surface area (TPSA) is 64.3 Å². The van der Waals surface area contributed by atoms with E-state index < -0.39 is 0 Å². The highest BCUT2D eigenvalue weighted by Gasteiger charge is 2.25. The third kappa shape index (κ3) is 2.99. The summed E-state index contributed by atoms with van der Waals surface area (Å²) in [6.07, 6.45) is 0.0523. The summed E-state index contributed by atoms with van der Waals surface area (Å²) in [5.74, 6) is 1.27. The molecule has 19 heavy (non-hydrogen) atoms. The summed E-state index contributed by atoms with van der Waals surface area (Å²) in [6.45, 7) is 6.87. The Morgan fingerprint density at radius 3 is 3.00 bits per heavy atom. The van der Waals surface area contributed by atoms with Gasteiger partial charge in [0.1, 0.15) is 11.1 Å². The standard InChI is InChI=1S/C12H16N4O2S/c1-8-7-19-12(13-8)10-5-16(3-4-17-10)6-11-15-14-9(2)18-11/h7,10H,3-6H2,1-2H3/t10-/m0/s1. The first kappa shape index (κ1) is 12.7. The smallest absolute Gasteiger partial charge is 0.230 e. The SMILES string of the molecule is Cc1csc([C@@H]2CN(Cc3nnc(C)o3)CCO2)n1. The molecule has 102 valence electrons. The Balaban J connectivity index is 1.64. The summed E-state index contributed by atoms with van der Waals surface area (Å²) in [4.78, 5) is 6.76. The van der Waals surface area contributed by atoms with Crippen molar-refractivity contribution in [1.29, 1.82) is 0 Å². The molecule has 1 aliphatic rings. The van der Waals surface area contributed by atoms with E-state index in [1.54, 1.807) is 18.3 Å². The zero-order chi connectivity index (χ0) is 13.2. The monoisotopic (exact) mass is 280 g/mol. The Labute approximate surface area is 115 Å². The lowest BCUT2D eigenvalue weighted by Crippen LogP contribution is -2.37. The van der Waals surface area contributed by atoms with Crippen LogP contribution in [0.4, 0.5) is 0 Å². The molecule has 0 bridgehead atoms. The van der Waals surface area contributed by atoms with Gasteiger partial charge in [-0.1, -0.05) is 0 Å². The van der Waals surface area contributed by atoms with E-state index >= 15 is 0 Å². The van der Waals surface area contributed by atoms with Gasteiger partial charge in [-0.25, -0.2) is 4.98 Å². The molecule has 1 aliphatic heterocycles. The molecule has 0 spiro atoms. The van der Waals surface area contributed by atoms with Crippen LogP contribution in [0.1, 0.15) is 28.6 Å². The normalized spacial score (nSPS) is 20.8. The van der Waals surface area contributed by atoms with Crippen LogP contribution in [0.15, 0.2) is 9.80 Å². The van der Waals surface area contributed by atoms with Gasteiger partial charge in [0, 0.05) is 31.1 Å². The number of hydrogen-bond acceptors (Lipinski definition) is 7. The second-order valence-corrected chi connectivity index (χ2v) is 5.53. The van der Waals surface area contributed by atoms with E-state index in [4.69, 9.17) is 9.15 Å². The molecule has 0 aromatic carbocycles. The Kier molecular flexibility index (Phi) is 3.58. The predicted octanol–water partition coefficient (Wildman–Crippen LogP) is 1.72. The van der Waals surface area contributed by atoms with Crippen LogP contribution in [0.25, 0.3) is 0 Å². The maximum atomic E-state index is 5.79. The predicted molar refractivity (Wildman–Crippen MR) is 69.9 cm³/mol. The van der Waals surface area contributed by atoms with Crippen molar-refractivity contribution >= 4 is 11.3 Å². The van der Waals surface area contributed by atoms with E-state index in [1.807, 2.05) is 6.92 Å². The molecule has 6 nitrogen and oxygen atoms in total. The number of aryl methyl sites for hydroxylation is 2. The van der Waals surface area contributed by atoms with E-state index in [0.717, 1.165) is 23.8 Å². The summed E-state index contributed by atoms with van der Waals surface area (Å²) >= 11 is 1.65. The van der Waals surface area contributed by atoms with Crippen LogP contribution in [-0.2, 0) is 11.3 Å². The van der Waals surface area contributed by atoms with Crippen molar-refractivity contribution in [3.8, 4) is 0 Å². The van der Waals surface area contributed by atoms with Crippen LogP contribution in [0.5, 0.6) is 0 Å². The van der Waals surface area contributed by atoms with Gasteiger partial charge in [-0.05, 0) is 6.92 Å². The van der Waals surface area contributed by atoms with E-state index in [1.165, 1.54) is 0 Å². The largest absolute Gasteiger partial charge is 0.424 e. The van der Waals surface area contributed by atoms with E-state index in [2.05, 4.69) is 25.5 Å². The quantitative estimate of drug-likeness (QED) is 0.853. The summed E-state index contributed by atoms with van der Waals surface area (Å²) in [6, 6.07) is 0. The second kappa shape index (κ2) is 5.36. The molecule has 2 aromatic heterocycles. The average Bonchev–Trinajstić information content (AvgIpc) is 2.99. The third-order valence-corrected chi connectivity index (χ3v) is 4.04. The van der Waals surface area contributed by atoms with E-state index in [0.29, 0.717) is 24.9 Å². The molecule has 1 fully saturated rings. The lowest BCUT2D eigenvalue weighted by atomic mass is 10.3. The van der Waals surface area contributed by atoms with E-state index in [9.17, 15) is 0 Å². The number of rotatable bonds is 3. The molecule has 1 atom stereocenters. The third-order valence-electron chi connectivity index (χ3n) is 2.99. The molecule has 3 heterocycles. The molecule has 0 amide bonds. The van der Waals surface area contributed by atoms with Gasteiger partial charge < -0.3 is 9.15 Å². The first-order chi connectivity index (χ1) is 9.20. The molecule has 1 saturated heterocycles. The Morgan fingerprint density at radius 1 is 1.42 bits per heavy atom. The Bertz CT molecular complexity index is 553. The number of aromatic nitrogens is 3. The summed E-state index contributed by atoms with van der Waals surface area (Å²) in [5.41, 5.74) is 1.05. The number of thiazole rings is 1.